The predicted molar refractivity (Wildman–Crippen MR) is 57.4 cm³/mol. The molecule has 0 atom stereocenters. The molecule has 98 valence electrons. The smallest absolute Gasteiger partial charge is 0.395 e. The Balaban J connectivity index is 3.68. The Bertz CT molecular complexity index is 165. The number of aliphatic hydroxyl groups is 1. The van der Waals surface area contributed by atoms with Crippen LogP contribution in [0.2, 0.25) is 0 Å². The van der Waals surface area contributed by atoms with Crippen molar-refractivity contribution in [1.29, 1.82) is 0 Å². The highest BCUT2D eigenvalue weighted by Crippen LogP contribution is 2.16. The van der Waals surface area contributed by atoms with Crippen LogP contribution in [0.3, 0.4) is 0 Å². The average molecular weight is 242 g/mol. The van der Waals surface area contributed by atoms with Crippen molar-refractivity contribution in [2.75, 3.05) is 39.3 Å². The van der Waals surface area contributed by atoms with E-state index in [1.807, 2.05) is 6.92 Å². The Morgan fingerprint density at radius 2 is 1.88 bits per heavy atom. The van der Waals surface area contributed by atoms with Gasteiger partial charge in [-0.05, 0) is 32.5 Å². The fourth-order valence-electron chi connectivity index (χ4n) is 1.39. The lowest BCUT2D eigenvalue weighted by Gasteiger charge is -2.22. The summed E-state index contributed by atoms with van der Waals surface area (Å²) in [5.74, 6) is 0. The normalized spacial score (nSPS) is 12.4. The molecule has 0 aliphatic rings. The van der Waals surface area contributed by atoms with Crippen LogP contribution < -0.4 is 5.32 Å². The van der Waals surface area contributed by atoms with Crippen LogP contribution in [0, 0.1) is 0 Å². The molecule has 0 bridgehead atoms. The monoisotopic (exact) mass is 242 g/mol. The second-order valence-electron chi connectivity index (χ2n) is 3.72. The highest BCUT2D eigenvalue weighted by Gasteiger charge is 2.30. The summed E-state index contributed by atoms with van der Waals surface area (Å²) in [6.07, 6.45) is -2.51. The van der Waals surface area contributed by atoms with E-state index in [0.717, 1.165) is 13.0 Å². The van der Waals surface area contributed by atoms with E-state index in [9.17, 15) is 13.2 Å². The third-order valence-corrected chi connectivity index (χ3v) is 2.07. The van der Waals surface area contributed by atoms with Crippen molar-refractivity contribution in [1.82, 2.24) is 10.2 Å². The van der Waals surface area contributed by atoms with Gasteiger partial charge in [-0.2, -0.15) is 13.2 Å². The minimum atomic E-state index is -4.19. The Hall–Kier alpha value is -0.330. The number of hydrogen-bond donors (Lipinski definition) is 2. The lowest BCUT2D eigenvalue weighted by atomic mass is 10.3. The molecule has 0 amide bonds. The zero-order chi connectivity index (χ0) is 12.4. The van der Waals surface area contributed by atoms with Crippen LogP contribution in [0.1, 0.15) is 19.8 Å². The summed E-state index contributed by atoms with van der Waals surface area (Å²) in [5.41, 5.74) is 0. The predicted octanol–water partition coefficient (Wildman–Crippen LogP) is 1.23. The maximum atomic E-state index is 12.1. The lowest BCUT2D eigenvalue weighted by molar-refractivity contribution is -0.146. The van der Waals surface area contributed by atoms with Gasteiger partial charge in [-0.3, -0.25) is 4.90 Å². The molecule has 0 saturated carbocycles. The molecule has 0 rings (SSSR count). The highest BCUT2D eigenvalue weighted by atomic mass is 19.4. The molecule has 0 radical (unpaired) electrons. The van der Waals surface area contributed by atoms with Crippen molar-refractivity contribution < 1.29 is 18.3 Å². The standard InChI is InChI=1S/C10H21F3N2O/c1-2-4-14-5-3-6-15(7-8-16)9-10(11,12)13/h14,16H,2-9H2,1H3. The van der Waals surface area contributed by atoms with Crippen molar-refractivity contribution in [3.63, 3.8) is 0 Å². The molecule has 0 aliphatic heterocycles. The van der Waals surface area contributed by atoms with Gasteiger partial charge in [0.1, 0.15) is 0 Å². The summed E-state index contributed by atoms with van der Waals surface area (Å²) < 4.78 is 36.4. The summed E-state index contributed by atoms with van der Waals surface area (Å²) in [6, 6.07) is 0. The fraction of sp³-hybridized carbons (Fsp3) is 1.00. The molecule has 3 nitrogen and oxygen atoms in total. The molecule has 16 heavy (non-hydrogen) atoms. The van der Waals surface area contributed by atoms with Crippen LogP contribution in [-0.2, 0) is 0 Å². The third-order valence-electron chi connectivity index (χ3n) is 2.07. The molecular formula is C10H21F3N2O. The molecule has 0 aromatic carbocycles. The molecule has 0 unspecified atom stereocenters. The quantitative estimate of drug-likeness (QED) is 0.597. The number of nitrogens with zero attached hydrogens (tertiary/aromatic N) is 1. The zero-order valence-electron chi connectivity index (χ0n) is 9.69. The van der Waals surface area contributed by atoms with Crippen LogP contribution in [-0.4, -0.2) is 55.5 Å². The van der Waals surface area contributed by atoms with E-state index in [2.05, 4.69) is 5.32 Å². The molecule has 0 aromatic heterocycles. The van der Waals surface area contributed by atoms with Gasteiger partial charge < -0.3 is 10.4 Å². The van der Waals surface area contributed by atoms with E-state index in [-0.39, 0.29) is 13.2 Å². The van der Waals surface area contributed by atoms with Crippen LogP contribution in [0.25, 0.3) is 0 Å². The van der Waals surface area contributed by atoms with Crippen molar-refractivity contribution in [2.45, 2.75) is 25.9 Å². The average Bonchev–Trinajstić information content (AvgIpc) is 2.15. The van der Waals surface area contributed by atoms with Gasteiger partial charge in [0.2, 0.25) is 0 Å². The molecule has 0 saturated heterocycles. The third kappa shape index (κ3) is 10.2. The number of halogens is 3. The van der Waals surface area contributed by atoms with E-state index < -0.39 is 12.7 Å². The van der Waals surface area contributed by atoms with Gasteiger partial charge in [0.05, 0.1) is 13.2 Å². The van der Waals surface area contributed by atoms with Crippen LogP contribution in [0.4, 0.5) is 13.2 Å². The number of aliphatic hydroxyl groups excluding tert-OH is 1. The van der Waals surface area contributed by atoms with E-state index in [4.69, 9.17) is 5.11 Å². The van der Waals surface area contributed by atoms with Gasteiger partial charge in [-0.25, -0.2) is 0 Å². The first-order valence-electron chi connectivity index (χ1n) is 5.60. The van der Waals surface area contributed by atoms with Crippen molar-refractivity contribution >= 4 is 0 Å². The minimum Gasteiger partial charge on any atom is -0.395 e. The first-order valence-corrected chi connectivity index (χ1v) is 5.60. The summed E-state index contributed by atoms with van der Waals surface area (Å²) in [5, 5.41) is 11.8. The Morgan fingerprint density at radius 3 is 2.38 bits per heavy atom. The summed E-state index contributed by atoms with van der Waals surface area (Å²) in [4.78, 5) is 1.23. The number of nitrogens with one attached hydrogen (secondary N) is 1. The highest BCUT2D eigenvalue weighted by molar-refractivity contribution is 4.63. The van der Waals surface area contributed by atoms with Crippen molar-refractivity contribution in [2.24, 2.45) is 0 Å². The molecule has 0 heterocycles. The zero-order valence-corrected chi connectivity index (χ0v) is 9.69. The lowest BCUT2D eigenvalue weighted by Crippen LogP contribution is -2.37. The maximum absolute atomic E-state index is 12.1. The Kier molecular flexibility index (Phi) is 8.60. The second kappa shape index (κ2) is 8.78. The van der Waals surface area contributed by atoms with Crippen LogP contribution in [0.5, 0.6) is 0 Å². The minimum absolute atomic E-state index is 0.0767. The Labute approximate surface area is 94.6 Å². The van der Waals surface area contributed by atoms with Gasteiger partial charge in [-0.15, -0.1) is 0 Å². The van der Waals surface area contributed by atoms with Gasteiger partial charge in [0.15, 0.2) is 0 Å². The molecule has 0 aliphatic carbocycles. The maximum Gasteiger partial charge on any atom is 0.401 e. The molecular weight excluding hydrogens is 221 g/mol. The molecule has 2 N–H and O–H groups in total. The number of rotatable bonds is 9. The largest absolute Gasteiger partial charge is 0.401 e. The van der Waals surface area contributed by atoms with E-state index in [0.29, 0.717) is 19.5 Å². The molecule has 0 fully saturated rings. The summed E-state index contributed by atoms with van der Waals surface area (Å²) >= 11 is 0. The van der Waals surface area contributed by atoms with Gasteiger partial charge in [0.25, 0.3) is 0 Å². The first-order chi connectivity index (χ1) is 7.49. The van der Waals surface area contributed by atoms with Gasteiger partial charge >= 0.3 is 6.18 Å². The van der Waals surface area contributed by atoms with Gasteiger partial charge in [0, 0.05) is 6.54 Å². The van der Waals surface area contributed by atoms with E-state index >= 15 is 0 Å². The topological polar surface area (TPSA) is 35.5 Å². The van der Waals surface area contributed by atoms with Gasteiger partial charge in [-0.1, -0.05) is 6.92 Å². The summed E-state index contributed by atoms with van der Waals surface area (Å²) in [6.45, 7) is 2.89. The van der Waals surface area contributed by atoms with Crippen molar-refractivity contribution in [3.05, 3.63) is 0 Å². The number of hydrogen-bond acceptors (Lipinski definition) is 3. The second-order valence-corrected chi connectivity index (χ2v) is 3.72. The molecule has 0 aromatic rings. The molecule has 6 heteroatoms. The Morgan fingerprint density at radius 1 is 1.19 bits per heavy atom. The van der Waals surface area contributed by atoms with E-state index in [1.54, 1.807) is 0 Å². The summed E-state index contributed by atoms with van der Waals surface area (Å²) in [7, 11) is 0. The van der Waals surface area contributed by atoms with E-state index in [1.165, 1.54) is 4.90 Å². The van der Waals surface area contributed by atoms with Crippen LogP contribution >= 0.6 is 0 Å². The SMILES string of the molecule is CCCNCCCN(CCO)CC(F)(F)F. The van der Waals surface area contributed by atoms with Crippen molar-refractivity contribution in [3.8, 4) is 0 Å². The van der Waals surface area contributed by atoms with Crippen LogP contribution in [0.15, 0.2) is 0 Å². The fourth-order valence-corrected chi connectivity index (χ4v) is 1.39. The number of alkyl halides is 3. The molecule has 0 spiro atoms. The first kappa shape index (κ1) is 15.7.